The lowest BCUT2D eigenvalue weighted by molar-refractivity contribution is -0.146. The van der Waals surface area contributed by atoms with Crippen molar-refractivity contribution in [1.29, 1.82) is 0 Å². The van der Waals surface area contributed by atoms with Crippen LogP contribution in [0.25, 0.3) is 0 Å². The summed E-state index contributed by atoms with van der Waals surface area (Å²) < 4.78 is 17.0. The van der Waals surface area contributed by atoms with Gasteiger partial charge in [0.25, 0.3) is 0 Å². The molecule has 0 radical (unpaired) electrons. The fraction of sp³-hybridized carbons (Fsp3) is 0.959. The first-order valence-corrected chi connectivity index (χ1v) is 24.5. The molecule has 0 amide bonds. The van der Waals surface area contributed by atoms with Crippen molar-refractivity contribution in [2.75, 3.05) is 46.6 Å². The van der Waals surface area contributed by atoms with E-state index in [4.69, 9.17) is 14.2 Å². The number of carbonyl (C=O) groups excluding carboxylic acids is 2. The van der Waals surface area contributed by atoms with Gasteiger partial charge in [-0.3, -0.25) is 9.59 Å². The van der Waals surface area contributed by atoms with Crippen LogP contribution in [0.15, 0.2) is 0 Å². The summed E-state index contributed by atoms with van der Waals surface area (Å²) in [5, 5.41) is 0. The molecule has 0 aromatic rings. The Labute approximate surface area is 344 Å². The first-order valence-electron chi connectivity index (χ1n) is 24.5. The average molecular weight is 780 g/mol. The Morgan fingerprint density at radius 3 is 1.07 bits per heavy atom. The predicted molar refractivity (Wildman–Crippen MR) is 237 cm³/mol. The Bertz CT molecular complexity index is 733. The molecule has 0 aromatic heterocycles. The van der Waals surface area contributed by atoms with Crippen LogP contribution in [0.3, 0.4) is 0 Å². The number of methoxy groups -OCH3 is 1. The molecule has 0 saturated heterocycles. The van der Waals surface area contributed by atoms with E-state index in [2.05, 4.69) is 32.6 Å². The Morgan fingerprint density at radius 1 is 0.400 bits per heavy atom. The highest BCUT2D eigenvalue weighted by Gasteiger charge is 2.14. The van der Waals surface area contributed by atoms with Gasteiger partial charge < -0.3 is 19.1 Å². The molecule has 6 heteroatoms. The molecule has 0 aliphatic heterocycles. The molecule has 0 rings (SSSR count). The van der Waals surface area contributed by atoms with Crippen LogP contribution in [-0.4, -0.2) is 63.4 Å². The number of esters is 2. The normalized spacial score (nSPS) is 12.7. The second-order valence-corrected chi connectivity index (χ2v) is 17.1. The molecule has 0 aromatic carbocycles. The van der Waals surface area contributed by atoms with E-state index < -0.39 is 0 Å². The van der Waals surface area contributed by atoms with Gasteiger partial charge >= 0.3 is 11.9 Å². The molecular weight excluding hydrogens is 683 g/mol. The van der Waals surface area contributed by atoms with E-state index in [1.165, 1.54) is 154 Å². The van der Waals surface area contributed by atoms with E-state index in [0.29, 0.717) is 37.9 Å². The summed E-state index contributed by atoms with van der Waals surface area (Å²) in [6.07, 6.45) is 40.4. The fourth-order valence-corrected chi connectivity index (χ4v) is 7.81. The molecule has 0 aliphatic rings. The van der Waals surface area contributed by atoms with Crippen molar-refractivity contribution in [3.63, 3.8) is 0 Å². The summed E-state index contributed by atoms with van der Waals surface area (Å²) in [4.78, 5) is 27.9. The van der Waals surface area contributed by atoms with Crippen LogP contribution in [0.4, 0.5) is 0 Å². The molecule has 0 saturated carbocycles. The third-order valence-electron chi connectivity index (χ3n) is 11.6. The molecule has 0 aliphatic carbocycles. The topological polar surface area (TPSA) is 65.1 Å². The molecule has 6 nitrogen and oxygen atoms in total. The van der Waals surface area contributed by atoms with Crippen molar-refractivity contribution >= 4 is 11.9 Å². The number of nitrogens with zero attached hydrogens (tertiary/aromatic N) is 1. The van der Waals surface area contributed by atoms with Gasteiger partial charge in [-0.1, -0.05) is 169 Å². The number of hydrogen-bond acceptors (Lipinski definition) is 6. The highest BCUT2D eigenvalue weighted by molar-refractivity contribution is 5.69. The number of ether oxygens (including phenoxy) is 3. The SMILES string of the molecule is CCCCCCCCC(CCCCCC)COC(=O)CCCCCN(CCCCCC(=O)OCC(CCCCCC)CCCCCCCC)CCCCOC. The quantitative estimate of drug-likeness (QED) is 0.0453. The standard InChI is InChI=1S/C49H97NO5/c1-6-10-14-18-20-26-36-46(34-24-16-12-8-3)44-54-48(51)38-28-22-30-40-50(42-32-33-43-53-5)41-31-23-29-39-49(52)55-45-47(35-25-17-13-9-4)37-27-21-19-15-11-7-2/h46-47H,6-45H2,1-5H3. The summed E-state index contributed by atoms with van der Waals surface area (Å²) in [5.74, 6) is 1.05. The molecule has 0 bridgehead atoms. The maximum atomic E-state index is 12.7. The summed E-state index contributed by atoms with van der Waals surface area (Å²) >= 11 is 0. The third kappa shape index (κ3) is 39.5. The van der Waals surface area contributed by atoms with Crippen LogP contribution in [0.5, 0.6) is 0 Å². The minimum absolute atomic E-state index is 0.00301. The largest absolute Gasteiger partial charge is 0.465 e. The van der Waals surface area contributed by atoms with Crippen LogP contribution < -0.4 is 0 Å². The monoisotopic (exact) mass is 780 g/mol. The Balaban J connectivity index is 4.45. The van der Waals surface area contributed by atoms with Crippen LogP contribution >= 0.6 is 0 Å². The van der Waals surface area contributed by atoms with Crippen molar-refractivity contribution in [3.05, 3.63) is 0 Å². The van der Waals surface area contributed by atoms with Crippen molar-refractivity contribution in [2.24, 2.45) is 11.8 Å². The fourth-order valence-electron chi connectivity index (χ4n) is 7.81. The van der Waals surface area contributed by atoms with Crippen molar-refractivity contribution in [1.82, 2.24) is 4.90 Å². The van der Waals surface area contributed by atoms with E-state index in [1.807, 2.05) is 0 Å². The highest BCUT2D eigenvalue weighted by Crippen LogP contribution is 2.21. The van der Waals surface area contributed by atoms with Crippen LogP contribution in [0, 0.1) is 11.8 Å². The molecular formula is C49H97NO5. The van der Waals surface area contributed by atoms with Gasteiger partial charge in [-0.2, -0.15) is 0 Å². The molecule has 2 unspecified atom stereocenters. The van der Waals surface area contributed by atoms with Gasteiger partial charge in [0, 0.05) is 26.6 Å². The highest BCUT2D eigenvalue weighted by atomic mass is 16.5. The van der Waals surface area contributed by atoms with Crippen LogP contribution in [0.1, 0.15) is 246 Å². The molecule has 0 heterocycles. The summed E-state index contributed by atoms with van der Waals surface area (Å²) in [5.41, 5.74) is 0. The number of unbranched alkanes of at least 4 members (excludes halogenated alkanes) is 21. The molecule has 2 atom stereocenters. The maximum Gasteiger partial charge on any atom is 0.305 e. The minimum atomic E-state index is -0.00301. The average Bonchev–Trinajstić information content (AvgIpc) is 3.19. The second-order valence-electron chi connectivity index (χ2n) is 17.1. The summed E-state index contributed by atoms with van der Waals surface area (Å²) in [6, 6.07) is 0. The molecule has 0 spiro atoms. The van der Waals surface area contributed by atoms with Gasteiger partial charge in [-0.05, 0) is 95.7 Å². The third-order valence-corrected chi connectivity index (χ3v) is 11.6. The van der Waals surface area contributed by atoms with Gasteiger partial charge in [0.05, 0.1) is 13.2 Å². The number of rotatable bonds is 45. The van der Waals surface area contributed by atoms with E-state index in [-0.39, 0.29) is 11.9 Å². The van der Waals surface area contributed by atoms with Crippen LogP contribution in [-0.2, 0) is 23.8 Å². The first kappa shape index (κ1) is 53.9. The van der Waals surface area contributed by atoms with Crippen LogP contribution in [0.2, 0.25) is 0 Å². The predicted octanol–water partition coefficient (Wildman–Crippen LogP) is 14.6. The zero-order valence-corrected chi connectivity index (χ0v) is 37.9. The van der Waals surface area contributed by atoms with Gasteiger partial charge in [0.2, 0.25) is 0 Å². The van der Waals surface area contributed by atoms with Gasteiger partial charge in [0.1, 0.15) is 0 Å². The molecule has 55 heavy (non-hydrogen) atoms. The smallest absolute Gasteiger partial charge is 0.305 e. The van der Waals surface area contributed by atoms with Gasteiger partial charge in [0.15, 0.2) is 0 Å². The zero-order chi connectivity index (χ0) is 40.3. The van der Waals surface area contributed by atoms with Crippen molar-refractivity contribution in [3.8, 4) is 0 Å². The minimum Gasteiger partial charge on any atom is -0.465 e. The Morgan fingerprint density at radius 2 is 0.709 bits per heavy atom. The van der Waals surface area contributed by atoms with Crippen molar-refractivity contribution < 1.29 is 23.8 Å². The number of hydrogen-bond donors (Lipinski definition) is 0. The Hall–Kier alpha value is -1.14. The number of carbonyl (C=O) groups is 2. The molecule has 328 valence electrons. The second kappa shape index (κ2) is 44.0. The van der Waals surface area contributed by atoms with E-state index in [1.54, 1.807) is 7.11 Å². The lowest BCUT2D eigenvalue weighted by atomic mass is 9.95. The lowest BCUT2D eigenvalue weighted by Gasteiger charge is -2.22. The summed E-state index contributed by atoms with van der Waals surface area (Å²) in [7, 11) is 1.78. The van der Waals surface area contributed by atoms with E-state index in [9.17, 15) is 9.59 Å². The summed E-state index contributed by atoms with van der Waals surface area (Å²) in [6.45, 7) is 14.4. The van der Waals surface area contributed by atoms with E-state index in [0.717, 1.165) is 77.6 Å². The van der Waals surface area contributed by atoms with E-state index >= 15 is 0 Å². The van der Waals surface area contributed by atoms with Gasteiger partial charge in [-0.25, -0.2) is 0 Å². The molecule has 0 N–H and O–H groups in total. The lowest BCUT2D eigenvalue weighted by Crippen LogP contribution is -2.27. The Kier molecular flexibility index (Phi) is 43.1. The maximum absolute atomic E-state index is 12.7. The zero-order valence-electron chi connectivity index (χ0n) is 37.9. The van der Waals surface area contributed by atoms with Crippen molar-refractivity contribution in [2.45, 2.75) is 246 Å². The first-order chi connectivity index (χ1) is 27.0. The molecule has 0 fully saturated rings. The van der Waals surface area contributed by atoms with Gasteiger partial charge in [-0.15, -0.1) is 0 Å².